The van der Waals surface area contributed by atoms with Gasteiger partial charge in [0.1, 0.15) is 0 Å². The first-order valence-electron chi connectivity index (χ1n) is 6.35. The maximum Gasteiger partial charge on any atom is 0.254 e. The zero-order valence-electron chi connectivity index (χ0n) is 10.1. The molecule has 0 saturated carbocycles. The van der Waals surface area contributed by atoms with Crippen LogP contribution in [0.5, 0.6) is 0 Å². The van der Waals surface area contributed by atoms with Crippen LogP contribution in [0.15, 0.2) is 24.3 Å². The molecule has 4 rings (SSSR count). The molecule has 2 atom stereocenters. The second-order valence-electron chi connectivity index (χ2n) is 5.11. The fourth-order valence-electron chi connectivity index (χ4n) is 2.93. The summed E-state index contributed by atoms with van der Waals surface area (Å²) in [5.74, 6) is 0.208. The van der Waals surface area contributed by atoms with Gasteiger partial charge < -0.3 is 10.2 Å². The summed E-state index contributed by atoms with van der Waals surface area (Å²) in [4.78, 5) is 14.6. The third-order valence-electron chi connectivity index (χ3n) is 3.98. The smallest absolute Gasteiger partial charge is 0.254 e. The van der Waals surface area contributed by atoms with Gasteiger partial charge in [-0.15, -0.1) is 0 Å². The van der Waals surface area contributed by atoms with Gasteiger partial charge in [-0.25, -0.2) is 0 Å². The molecule has 0 aliphatic carbocycles. The third kappa shape index (κ3) is 1.84. The lowest BCUT2D eigenvalue weighted by molar-refractivity contribution is 0.0440. The van der Waals surface area contributed by atoms with Crippen LogP contribution in [-0.4, -0.2) is 36.0 Å². The number of aryl methyl sites for hydroxylation is 1. The Morgan fingerprint density at radius 2 is 2.18 bits per heavy atom. The van der Waals surface area contributed by atoms with Crippen LogP contribution in [0.25, 0.3) is 0 Å². The van der Waals surface area contributed by atoms with Crippen LogP contribution in [0.4, 0.5) is 0 Å². The van der Waals surface area contributed by atoms with Crippen molar-refractivity contribution in [1.82, 2.24) is 10.2 Å². The number of hydrogen-bond donors (Lipinski definition) is 1. The van der Waals surface area contributed by atoms with Crippen molar-refractivity contribution in [3.8, 4) is 0 Å². The van der Waals surface area contributed by atoms with Crippen LogP contribution in [-0.2, 0) is 0 Å². The lowest BCUT2D eigenvalue weighted by Crippen LogP contribution is -2.62. The highest BCUT2D eigenvalue weighted by molar-refractivity contribution is 5.96. The van der Waals surface area contributed by atoms with E-state index < -0.39 is 0 Å². The van der Waals surface area contributed by atoms with Crippen molar-refractivity contribution in [3.63, 3.8) is 0 Å². The minimum absolute atomic E-state index is 0.208. The van der Waals surface area contributed by atoms with Gasteiger partial charge in [0.15, 0.2) is 0 Å². The van der Waals surface area contributed by atoms with Gasteiger partial charge in [-0.1, -0.05) is 18.2 Å². The minimum Gasteiger partial charge on any atom is -0.333 e. The van der Waals surface area contributed by atoms with Gasteiger partial charge in [0, 0.05) is 30.7 Å². The molecule has 3 heteroatoms. The SMILES string of the molecule is Cc1ccccc1C(=O)N1CC2CCC1CN2. The van der Waals surface area contributed by atoms with E-state index >= 15 is 0 Å². The van der Waals surface area contributed by atoms with Gasteiger partial charge in [-0.2, -0.15) is 0 Å². The first kappa shape index (κ1) is 10.8. The fourth-order valence-corrected chi connectivity index (χ4v) is 2.93. The van der Waals surface area contributed by atoms with Crippen molar-refractivity contribution in [1.29, 1.82) is 0 Å². The molecule has 3 saturated heterocycles. The van der Waals surface area contributed by atoms with Crippen molar-refractivity contribution < 1.29 is 4.79 Å². The third-order valence-corrected chi connectivity index (χ3v) is 3.98. The summed E-state index contributed by atoms with van der Waals surface area (Å²) >= 11 is 0. The molecule has 3 aliphatic heterocycles. The number of hydrogen-bond acceptors (Lipinski definition) is 2. The summed E-state index contributed by atoms with van der Waals surface area (Å²) in [6, 6.07) is 8.78. The molecule has 3 heterocycles. The van der Waals surface area contributed by atoms with Crippen LogP contribution in [0, 0.1) is 6.92 Å². The minimum atomic E-state index is 0.208. The molecular weight excluding hydrogens is 212 g/mol. The highest BCUT2D eigenvalue weighted by Gasteiger charge is 2.36. The number of piperazine rings is 1. The molecule has 1 N–H and O–H groups in total. The van der Waals surface area contributed by atoms with E-state index in [0.717, 1.165) is 30.6 Å². The average Bonchev–Trinajstić information content (AvgIpc) is 2.40. The van der Waals surface area contributed by atoms with E-state index in [1.165, 1.54) is 6.42 Å². The zero-order chi connectivity index (χ0) is 11.8. The zero-order valence-corrected chi connectivity index (χ0v) is 10.1. The topological polar surface area (TPSA) is 32.3 Å². The van der Waals surface area contributed by atoms with E-state index in [0.29, 0.717) is 12.1 Å². The average molecular weight is 230 g/mol. The first-order valence-corrected chi connectivity index (χ1v) is 6.35. The molecule has 1 aromatic carbocycles. The number of fused-ring (bicyclic) bond motifs is 3. The number of benzene rings is 1. The van der Waals surface area contributed by atoms with Crippen LogP contribution >= 0.6 is 0 Å². The molecule has 2 bridgehead atoms. The molecular formula is C14H18N2O. The Bertz CT molecular complexity index is 436. The predicted molar refractivity (Wildman–Crippen MR) is 67.0 cm³/mol. The Hall–Kier alpha value is -1.35. The number of nitrogens with one attached hydrogen (secondary N) is 1. The lowest BCUT2D eigenvalue weighted by Gasteiger charge is -2.46. The van der Waals surface area contributed by atoms with Gasteiger partial charge in [-0.05, 0) is 31.4 Å². The van der Waals surface area contributed by atoms with Crippen LogP contribution in [0.2, 0.25) is 0 Å². The quantitative estimate of drug-likeness (QED) is 0.794. The lowest BCUT2D eigenvalue weighted by atomic mass is 9.92. The summed E-state index contributed by atoms with van der Waals surface area (Å²) in [7, 11) is 0. The Kier molecular flexibility index (Phi) is 2.63. The monoisotopic (exact) mass is 230 g/mol. The van der Waals surface area contributed by atoms with E-state index in [9.17, 15) is 4.79 Å². The van der Waals surface area contributed by atoms with Crippen molar-refractivity contribution in [2.75, 3.05) is 13.1 Å². The Balaban J connectivity index is 1.85. The normalized spacial score (nSPS) is 27.2. The maximum absolute atomic E-state index is 12.5. The molecule has 0 radical (unpaired) electrons. The van der Waals surface area contributed by atoms with Crippen LogP contribution < -0.4 is 5.32 Å². The van der Waals surface area contributed by atoms with E-state index in [-0.39, 0.29) is 5.91 Å². The molecule has 0 spiro atoms. The van der Waals surface area contributed by atoms with Gasteiger partial charge in [-0.3, -0.25) is 4.79 Å². The number of carbonyl (C=O) groups is 1. The number of nitrogens with zero attached hydrogens (tertiary/aromatic N) is 1. The molecule has 3 fully saturated rings. The highest BCUT2D eigenvalue weighted by atomic mass is 16.2. The van der Waals surface area contributed by atoms with Gasteiger partial charge in [0.2, 0.25) is 0 Å². The standard InChI is InChI=1S/C14H18N2O/c1-10-4-2-3-5-13(10)14(17)16-9-11-6-7-12(16)8-15-11/h2-5,11-12,15H,6-9H2,1H3. The predicted octanol–water partition coefficient (Wildman–Crippen LogP) is 1.57. The van der Waals surface area contributed by atoms with E-state index in [1.54, 1.807) is 0 Å². The Labute approximate surface area is 102 Å². The number of rotatable bonds is 1. The molecule has 17 heavy (non-hydrogen) atoms. The molecule has 90 valence electrons. The summed E-state index contributed by atoms with van der Waals surface area (Å²) in [6.45, 7) is 3.84. The van der Waals surface area contributed by atoms with Crippen molar-refractivity contribution >= 4 is 5.91 Å². The molecule has 3 aliphatic rings. The van der Waals surface area contributed by atoms with Crippen molar-refractivity contribution in [3.05, 3.63) is 35.4 Å². The van der Waals surface area contributed by atoms with E-state index in [1.807, 2.05) is 31.2 Å². The van der Waals surface area contributed by atoms with Gasteiger partial charge in [0.05, 0.1) is 0 Å². The van der Waals surface area contributed by atoms with Crippen LogP contribution in [0.3, 0.4) is 0 Å². The summed E-state index contributed by atoms with van der Waals surface area (Å²) in [5, 5.41) is 3.48. The molecule has 3 nitrogen and oxygen atoms in total. The fraction of sp³-hybridized carbons (Fsp3) is 0.500. The summed E-state index contributed by atoms with van der Waals surface area (Å²) in [5.41, 5.74) is 1.94. The van der Waals surface area contributed by atoms with E-state index in [4.69, 9.17) is 0 Å². The number of carbonyl (C=O) groups excluding carboxylic acids is 1. The summed E-state index contributed by atoms with van der Waals surface area (Å²) in [6.07, 6.45) is 2.36. The highest BCUT2D eigenvalue weighted by Crippen LogP contribution is 2.24. The maximum atomic E-state index is 12.5. The number of piperidine rings is 2. The van der Waals surface area contributed by atoms with Crippen molar-refractivity contribution in [2.24, 2.45) is 0 Å². The second kappa shape index (κ2) is 4.15. The van der Waals surface area contributed by atoms with Crippen LogP contribution in [0.1, 0.15) is 28.8 Å². The first-order chi connectivity index (χ1) is 8.25. The Morgan fingerprint density at radius 3 is 2.76 bits per heavy atom. The molecule has 0 aromatic heterocycles. The summed E-state index contributed by atoms with van der Waals surface area (Å²) < 4.78 is 0. The second-order valence-corrected chi connectivity index (χ2v) is 5.11. The Morgan fingerprint density at radius 1 is 1.35 bits per heavy atom. The molecule has 1 aromatic rings. The van der Waals surface area contributed by atoms with E-state index in [2.05, 4.69) is 10.2 Å². The number of amides is 1. The molecule has 1 amide bonds. The largest absolute Gasteiger partial charge is 0.333 e. The van der Waals surface area contributed by atoms with Gasteiger partial charge in [0.25, 0.3) is 5.91 Å². The molecule has 2 unspecified atom stereocenters. The van der Waals surface area contributed by atoms with Gasteiger partial charge >= 0.3 is 0 Å². The van der Waals surface area contributed by atoms with Crippen molar-refractivity contribution in [2.45, 2.75) is 31.8 Å².